The number of nitriles is 1. The molecule has 0 aliphatic rings. The summed E-state index contributed by atoms with van der Waals surface area (Å²) in [6.45, 7) is 4.02. The van der Waals surface area contributed by atoms with Crippen LogP contribution >= 0.6 is 34.5 Å². The van der Waals surface area contributed by atoms with Crippen LogP contribution in [0.15, 0.2) is 60.5 Å². The standard InChI is InChI=1S/C20H13Cl2N3OS/c1-2-8-25(19(26)15-5-3-4-13(9-15)11-23)20-24-18(12-27-20)14-6-7-16(21)17(22)10-14/h2-7,9-10,12H,1,8H2. The molecule has 0 saturated carbocycles. The monoisotopic (exact) mass is 413 g/mol. The van der Waals surface area contributed by atoms with E-state index in [-0.39, 0.29) is 5.91 Å². The largest absolute Gasteiger partial charge is 0.280 e. The maximum atomic E-state index is 12.9. The lowest BCUT2D eigenvalue weighted by Gasteiger charge is -2.18. The summed E-state index contributed by atoms with van der Waals surface area (Å²) >= 11 is 13.4. The van der Waals surface area contributed by atoms with Crippen molar-refractivity contribution in [3.05, 3.63) is 81.7 Å². The molecule has 0 spiro atoms. The molecule has 0 fully saturated rings. The second kappa shape index (κ2) is 8.36. The van der Waals surface area contributed by atoms with Gasteiger partial charge in [0, 0.05) is 23.1 Å². The second-order valence-electron chi connectivity index (χ2n) is 5.54. The maximum absolute atomic E-state index is 12.9. The van der Waals surface area contributed by atoms with E-state index in [0.29, 0.717) is 38.5 Å². The molecule has 7 heteroatoms. The Morgan fingerprint density at radius 2 is 2.07 bits per heavy atom. The molecule has 0 bridgehead atoms. The number of benzene rings is 2. The van der Waals surface area contributed by atoms with Crippen LogP contribution in [-0.4, -0.2) is 17.4 Å². The average Bonchev–Trinajstić information content (AvgIpc) is 3.17. The zero-order valence-electron chi connectivity index (χ0n) is 14.0. The smallest absolute Gasteiger partial charge is 0.260 e. The maximum Gasteiger partial charge on any atom is 0.260 e. The quantitative estimate of drug-likeness (QED) is 0.494. The molecule has 2 aromatic carbocycles. The molecule has 0 radical (unpaired) electrons. The van der Waals surface area contributed by atoms with Crippen LogP contribution in [0.5, 0.6) is 0 Å². The van der Waals surface area contributed by atoms with Crippen LogP contribution in [0.3, 0.4) is 0 Å². The van der Waals surface area contributed by atoms with E-state index in [9.17, 15) is 4.79 Å². The van der Waals surface area contributed by atoms with E-state index in [2.05, 4.69) is 11.6 Å². The molecule has 1 aromatic heterocycles. The molecule has 27 heavy (non-hydrogen) atoms. The Bertz CT molecular complexity index is 1060. The number of amides is 1. The molecule has 3 rings (SSSR count). The third-order valence-corrected chi connectivity index (χ3v) is 5.34. The van der Waals surface area contributed by atoms with E-state index >= 15 is 0 Å². The highest BCUT2D eigenvalue weighted by atomic mass is 35.5. The summed E-state index contributed by atoms with van der Waals surface area (Å²) in [6.07, 6.45) is 1.63. The summed E-state index contributed by atoms with van der Waals surface area (Å²) in [5.41, 5.74) is 2.35. The van der Waals surface area contributed by atoms with Gasteiger partial charge in [-0.3, -0.25) is 9.69 Å². The molecule has 0 saturated heterocycles. The highest BCUT2D eigenvalue weighted by molar-refractivity contribution is 7.14. The van der Waals surface area contributed by atoms with E-state index in [0.717, 1.165) is 5.56 Å². The van der Waals surface area contributed by atoms with Crippen LogP contribution in [0.25, 0.3) is 11.3 Å². The van der Waals surface area contributed by atoms with Gasteiger partial charge in [-0.25, -0.2) is 4.98 Å². The minimum atomic E-state index is -0.248. The van der Waals surface area contributed by atoms with Crippen LogP contribution in [0.1, 0.15) is 15.9 Å². The van der Waals surface area contributed by atoms with Gasteiger partial charge in [-0.15, -0.1) is 17.9 Å². The van der Waals surface area contributed by atoms with E-state index in [1.165, 1.54) is 16.2 Å². The van der Waals surface area contributed by atoms with Crippen molar-refractivity contribution in [2.45, 2.75) is 0 Å². The summed E-state index contributed by atoms with van der Waals surface area (Å²) in [5.74, 6) is -0.248. The lowest BCUT2D eigenvalue weighted by molar-refractivity contribution is 0.0989. The fraction of sp³-hybridized carbons (Fsp3) is 0.0500. The van der Waals surface area contributed by atoms with Crippen molar-refractivity contribution < 1.29 is 4.79 Å². The van der Waals surface area contributed by atoms with Gasteiger partial charge in [-0.05, 0) is 30.3 Å². The van der Waals surface area contributed by atoms with E-state index < -0.39 is 0 Å². The van der Waals surface area contributed by atoms with Crippen LogP contribution < -0.4 is 4.90 Å². The number of anilines is 1. The Kier molecular flexibility index (Phi) is 5.92. The molecule has 134 valence electrons. The van der Waals surface area contributed by atoms with Gasteiger partial charge < -0.3 is 0 Å². The molecule has 1 amide bonds. The molecule has 0 aliphatic carbocycles. The second-order valence-corrected chi connectivity index (χ2v) is 7.19. The van der Waals surface area contributed by atoms with Crippen LogP contribution in [-0.2, 0) is 0 Å². The van der Waals surface area contributed by atoms with Crippen LogP contribution in [0.4, 0.5) is 5.13 Å². The fourth-order valence-electron chi connectivity index (χ4n) is 2.43. The molecular weight excluding hydrogens is 401 g/mol. The van der Waals surface area contributed by atoms with Gasteiger partial charge in [0.25, 0.3) is 5.91 Å². The van der Waals surface area contributed by atoms with Crippen molar-refractivity contribution in [3.8, 4) is 17.3 Å². The van der Waals surface area contributed by atoms with Gasteiger partial charge in [-0.2, -0.15) is 5.26 Å². The topological polar surface area (TPSA) is 57.0 Å². The van der Waals surface area contributed by atoms with Gasteiger partial charge >= 0.3 is 0 Å². The first-order valence-electron chi connectivity index (χ1n) is 7.87. The predicted molar refractivity (Wildman–Crippen MR) is 111 cm³/mol. The van der Waals surface area contributed by atoms with Gasteiger partial charge in [0.2, 0.25) is 0 Å². The number of carbonyl (C=O) groups excluding carboxylic acids is 1. The summed E-state index contributed by atoms with van der Waals surface area (Å²) in [4.78, 5) is 19.0. The number of hydrogen-bond donors (Lipinski definition) is 0. The lowest BCUT2D eigenvalue weighted by atomic mass is 10.1. The van der Waals surface area contributed by atoms with Crippen molar-refractivity contribution in [1.82, 2.24) is 4.98 Å². The van der Waals surface area contributed by atoms with Crippen molar-refractivity contribution in [2.75, 3.05) is 11.4 Å². The number of thiazole rings is 1. The first kappa shape index (κ1) is 19.1. The molecule has 0 N–H and O–H groups in total. The SMILES string of the molecule is C=CCN(C(=O)c1cccc(C#N)c1)c1nc(-c2ccc(Cl)c(Cl)c2)cs1. The number of rotatable bonds is 5. The Balaban J connectivity index is 1.94. The predicted octanol–water partition coefficient (Wildman–Crippen LogP) is 5.82. The highest BCUT2D eigenvalue weighted by Crippen LogP contribution is 2.32. The molecule has 0 atom stereocenters. The first-order chi connectivity index (χ1) is 13.0. The molecule has 1 heterocycles. The highest BCUT2D eigenvalue weighted by Gasteiger charge is 2.20. The van der Waals surface area contributed by atoms with E-state index in [4.69, 9.17) is 28.5 Å². The fourth-order valence-corrected chi connectivity index (χ4v) is 3.57. The normalized spacial score (nSPS) is 10.3. The third kappa shape index (κ3) is 4.20. The van der Waals surface area contributed by atoms with E-state index in [1.54, 1.807) is 42.5 Å². The van der Waals surface area contributed by atoms with Crippen molar-refractivity contribution >= 4 is 45.6 Å². The average molecular weight is 414 g/mol. The lowest BCUT2D eigenvalue weighted by Crippen LogP contribution is -2.31. The van der Waals surface area contributed by atoms with Crippen molar-refractivity contribution in [1.29, 1.82) is 5.26 Å². The molecule has 0 unspecified atom stereocenters. The van der Waals surface area contributed by atoms with Crippen molar-refractivity contribution in [3.63, 3.8) is 0 Å². The zero-order valence-corrected chi connectivity index (χ0v) is 16.4. The zero-order chi connectivity index (χ0) is 19.4. The molecular formula is C20H13Cl2N3OS. The number of hydrogen-bond acceptors (Lipinski definition) is 4. The van der Waals surface area contributed by atoms with Crippen molar-refractivity contribution in [2.24, 2.45) is 0 Å². The minimum absolute atomic E-state index is 0.248. The van der Waals surface area contributed by atoms with Gasteiger partial charge in [0.05, 0.1) is 27.4 Å². The molecule has 3 aromatic rings. The minimum Gasteiger partial charge on any atom is -0.280 e. The Morgan fingerprint density at radius 3 is 2.78 bits per heavy atom. The number of halogens is 2. The summed E-state index contributed by atoms with van der Waals surface area (Å²) in [6, 6.07) is 13.9. The first-order valence-corrected chi connectivity index (χ1v) is 9.51. The third-order valence-electron chi connectivity index (χ3n) is 3.73. The van der Waals surface area contributed by atoms with Crippen LogP contribution in [0, 0.1) is 11.3 Å². The van der Waals surface area contributed by atoms with E-state index in [1.807, 2.05) is 17.5 Å². The Labute approximate surface area is 170 Å². The summed E-state index contributed by atoms with van der Waals surface area (Å²) in [7, 11) is 0. The molecule has 0 aliphatic heterocycles. The van der Waals surface area contributed by atoms with Gasteiger partial charge in [-0.1, -0.05) is 41.4 Å². The summed E-state index contributed by atoms with van der Waals surface area (Å²) < 4.78 is 0. The van der Waals surface area contributed by atoms with Gasteiger partial charge in [0.1, 0.15) is 0 Å². The number of aromatic nitrogens is 1. The Hall–Kier alpha value is -2.65. The number of nitrogens with zero attached hydrogens (tertiary/aromatic N) is 3. The number of carbonyl (C=O) groups is 1. The van der Waals surface area contributed by atoms with Crippen LogP contribution in [0.2, 0.25) is 10.0 Å². The Morgan fingerprint density at radius 1 is 1.26 bits per heavy atom. The van der Waals surface area contributed by atoms with Gasteiger partial charge in [0.15, 0.2) is 5.13 Å². The molecule has 4 nitrogen and oxygen atoms in total. The summed E-state index contributed by atoms with van der Waals surface area (Å²) in [5, 5.41) is 12.3.